The topological polar surface area (TPSA) is 72.0 Å². The lowest BCUT2D eigenvalue weighted by Gasteiger charge is -2.13. The second kappa shape index (κ2) is 6.79. The maximum Gasteiger partial charge on any atom is 0.233 e. The molecule has 0 atom stereocenters. The van der Waals surface area contributed by atoms with Crippen molar-refractivity contribution in [1.29, 1.82) is 0 Å². The third kappa shape index (κ3) is 3.76. The van der Waals surface area contributed by atoms with Crippen LogP contribution in [0.5, 0.6) is 5.75 Å². The van der Waals surface area contributed by atoms with E-state index in [4.69, 9.17) is 16.3 Å². The van der Waals surface area contributed by atoms with Gasteiger partial charge in [0, 0.05) is 11.7 Å². The molecule has 2 aromatic rings. The molecule has 0 unspecified atom stereocenters. The lowest BCUT2D eigenvalue weighted by molar-refractivity contribution is 0.415. The molecule has 1 aliphatic rings. The molecule has 0 saturated heterocycles. The minimum atomic E-state index is 0.173. The number of hydrogen-bond donors (Lipinski definition) is 2. The van der Waals surface area contributed by atoms with Gasteiger partial charge in [0.25, 0.3) is 0 Å². The first-order chi connectivity index (χ1) is 10.7. The van der Waals surface area contributed by atoms with Crippen LogP contribution in [0.2, 0.25) is 5.28 Å². The van der Waals surface area contributed by atoms with Gasteiger partial charge in [0.2, 0.25) is 17.2 Å². The summed E-state index contributed by atoms with van der Waals surface area (Å²) >= 11 is 5.99. The van der Waals surface area contributed by atoms with Gasteiger partial charge >= 0.3 is 0 Å². The molecule has 1 aromatic heterocycles. The fraction of sp³-hybridized carbons (Fsp3) is 0.400. The second-order valence-corrected chi connectivity index (χ2v) is 5.57. The van der Waals surface area contributed by atoms with Gasteiger partial charge in [0.1, 0.15) is 5.75 Å². The molecule has 0 amide bonds. The standard InChI is InChI=1S/C15H18ClN5O/c1-22-12-8-6-11(7-9-12)18-15-20-13(16)19-14(21-15)17-10-4-2-3-5-10/h6-10H,2-5H2,1H3,(H2,17,18,19,20,21). The Bertz CT molecular complexity index is 628. The van der Waals surface area contributed by atoms with Gasteiger partial charge in [-0.2, -0.15) is 15.0 Å². The molecule has 6 nitrogen and oxygen atoms in total. The highest BCUT2D eigenvalue weighted by molar-refractivity contribution is 6.28. The Morgan fingerprint density at radius 2 is 1.73 bits per heavy atom. The third-order valence-electron chi connectivity index (χ3n) is 3.64. The molecule has 22 heavy (non-hydrogen) atoms. The van der Waals surface area contributed by atoms with Gasteiger partial charge in [-0.15, -0.1) is 0 Å². The number of hydrogen-bond acceptors (Lipinski definition) is 6. The predicted octanol–water partition coefficient (Wildman–Crippen LogP) is 3.63. The van der Waals surface area contributed by atoms with Gasteiger partial charge in [-0.1, -0.05) is 12.8 Å². The number of benzene rings is 1. The molecule has 0 spiro atoms. The lowest BCUT2D eigenvalue weighted by atomic mass is 10.3. The van der Waals surface area contributed by atoms with Crippen molar-refractivity contribution in [2.45, 2.75) is 31.7 Å². The van der Waals surface area contributed by atoms with Gasteiger partial charge in [-0.3, -0.25) is 0 Å². The molecule has 3 rings (SSSR count). The van der Waals surface area contributed by atoms with Crippen LogP contribution >= 0.6 is 11.6 Å². The molecule has 1 aliphatic carbocycles. The Kier molecular flexibility index (Phi) is 4.58. The number of methoxy groups -OCH3 is 1. The van der Waals surface area contributed by atoms with Crippen molar-refractivity contribution in [3.63, 3.8) is 0 Å². The average molecular weight is 320 g/mol. The van der Waals surface area contributed by atoms with E-state index in [1.807, 2.05) is 24.3 Å². The second-order valence-electron chi connectivity index (χ2n) is 5.23. The highest BCUT2D eigenvalue weighted by Crippen LogP contribution is 2.23. The van der Waals surface area contributed by atoms with Crippen LogP contribution in [0, 0.1) is 0 Å². The van der Waals surface area contributed by atoms with Crippen LogP contribution in [0.1, 0.15) is 25.7 Å². The fourth-order valence-electron chi connectivity index (χ4n) is 2.53. The van der Waals surface area contributed by atoms with Gasteiger partial charge in [0.15, 0.2) is 0 Å². The van der Waals surface area contributed by atoms with Crippen LogP contribution in [0.3, 0.4) is 0 Å². The number of nitrogens with zero attached hydrogens (tertiary/aromatic N) is 3. The fourth-order valence-corrected chi connectivity index (χ4v) is 2.69. The smallest absolute Gasteiger partial charge is 0.233 e. The minimum absolute atomic E-state index is 0.173. The third-order valence-corrected chi connectivity index (χ3v) is 3.81. The van der Waals surface area contributed by atoms with Crippen LogP contribution in [0.4, 0.5) is 17.6 Å². The Morgan fingerprint density at radius 3 is 2.41 bits per heavy atom. The molecule has 1 fully saturated rings. The first-order valence-corrected chi connectivity index (χ1v) is 7.70. The summed E-state index contributed by atoms with van der Waals surface area (Å²) in [6.45, 7) is 0. The number of nitrogens with one attached hydrogen (secondary N) is 2. The summed E-state index contributed by atoms with van der Waals surface area (Å²) in [7, 11) is 1.63. The summed E-state index contributed by atoms with van der Waals surface area (Å²) < 4.78 is 5.13. The maximum absolute atomic E-state index is 5.99. The van der Waals surface area contributed by atoms with Crippen molar-refractivity contribution in [2.75, 3.05) is 17.7 Å². The van der Waals surface area contributed by atoms with E-state index in [1.165, 1.54) is 12.8 Å². The van der Waals surface area contributed by atoms with E-state index < -0.39 is 0 Å². The molecule has 0 radical (unpaired) electrons. The van der Waals surface area contributed by atoms with E-state index in [2.05, 4.69) is 25.6 Å². The van der Waals surface area contributed by atoms with E-state index in [0.717, 1.165) is 24.3 Å². The normalized spacial score (nSPS) is 14.8. The zero-order valence-corrected chi connectivity index (χ0v) is 13.1. The summed E-state index contributed by atoms with van der Waals surface area (Å²) in [5.74, 6) is 1.73. The zero-order valence-electron chi connectivity index (χ0n) is 12.3. The number of rotatable bonds is 5. The van der Waals surface area contributed by atoms with E-state index in [9.17, 15) is 0 Å². The molecule has 116 valence electrons. The molecule has 1 saturated carbocycles. The molecule has 1 aromatic carbocycles. The summed E-state index contributed by atoms with van der Waals surface area (Å²) in [5.41, 5.74) is 0.856. The lowest BCUT2D eigenvalue weighted by Crippen LogP contribution is -2.17. The van der Waals surface area contributed by atoms with E-state index in [-0.39, 0.29) is 5.28 Å². The van der Waals surface area contributed by atoms with Crippen molar-refractivity contribution in [3.05, 3.63) is 29.5 Å². The van der Waals surface area contributed by atoms with Crippen LogP contribution < -0.4 is 15.4 Å². The number of anilines is 3. The molecular weight excluding hydrogens is 302 g/mol. The molecule has 7 heteroatoms. The Labute approximate surface area is 134 Å². The van der Waals surface area contributed by atoms with Gasteiger partial charge in [-0.25, -0.2) is 0 Å². The van der Waals surface area contributed by atoms with Crippen molar-refractivity contribution in [1.82, 2.24) is 15.0 Å². The van der Waals surface area contributed by atoms with Crippen molar-refractivity contribution < 1.29 is 4.74 Å². The summed E-state index contributed by atoms with van der Waals surface area (Å²) in [6, 6.07) is 7.93. The molecule has 0 aliphatic heterocycles. The van der Waals surface area contributed by atoms with Crippen molar-refractivity contribution in [3.8, 4) is 5.75 Å². The van der Waals surface area contributed by atoms with Crippen molar-refractivity contribution >= 4 is 29.2 Å². The minimum Gasteiger partial charge on any atom is -0.497 e. The van der Waals surface area contributed by atoms with Crippen LogP contribution in [-0.4, -0.2) is 28.1 Å². The molecular formula is C15H18ClN5O. The maximum atomic E-state index is 5.99. The summed E-state index contributed by atoms with van der Waals surface area (Å²) in [5, 5.41) is 6.61. The first kappa shape index (κ1) is 14.8. The van der Waals surface area contributed by atoms with Crippen LogP contribution in [0.25, 0.3) is 0 Å². The Hall–Kier alpha value is -2.08. The quantitative estimate of drug-likeness (QED) is 0.876. The molecule has 1 heterocycles. The summed E-state index contributed by atoms with van der Waals surface area (Å²) in [4.78, 5) is 12.6. The molecule has 0 bridgehead atoms. The highest BCUT2D eigenvalue weighted by atomic mass is 35.5. The Balaban J connectivity index is 1.73. The zero-order chi connectivity index (χ0) is 15.4. The van der Waals surface area contributed by atoms with Crippen LogP contribution in [-0.2, 0) is 0 Å². The van der Waals surface area contributed by atoms with E-state index in [1.54, 1.807) is 7.11 Å². The average Bonchev–Trinajstić information content (AvgIpc) is 3.00. The van der Waals surface area contributed by atoms with Gasteiger partial charge < -0.3 is 15.4 Å². The number of halogens is 1. The monoisotopic (exact) mass is 319 g/mol. The van der Waals surface area contributed by atoms with E-state index in [0.29, 0.717) is 17.9 Å². The number of ether oxygens (including phenoxy) is 1. The SMILES string of the molecule is COc1ccc(Nc2nc(Cl)nc(NC3CCCC3)n2)cc1. The Morgan fingerprint density at radius 1 is 1.05 bits per heavy atom. The van der Waals surface area contributed by atoms with Crippen LogP contribution in [0.15, 0.2) is 24.3 Å². The number of aromatic nitrogens is 3. The highest BCUT2D eigenvalue weighted by Gasteiger charge is 2.16. The largest absolute Gasteiger partial charge is 0.497 e. The van der Waals surface area contributed by atoms with Gasteiger partial charge in [-0.05, 0) is 48.7 Å². The molecule has 2 N–H and O–H groups in total. The van der Waals surface area contributed by atoms with E-state index >= 15 is 0 Å². The van der Waals surface area contributed by atoms with Crippen molar-refractivity contribution in [2.24, 2.45) is 0 Å². The predicted molar refractivity (Wildman–Crippen MR) is 87.0 cm³/mol. The van der Waals surface area contributed by atoms with Gasteiger partial charge in [0.05, 0.1) is 7.11 Å². The summed E-state index contributed by atoms with van der Waals surface area (Å²) in [6.07, 6.45) is 4.77. The first-order valence-electron chi connectivity index (χ1n) is 7.32.